The first-order valence-corrected chi connectivity index (χ1v) is 22.2. The minimum absolute atomic E-state index is 0.613. The van der Waals surface area contributed by atoms with E-state index >= 15 is 0 Å². The third-order valence-corrected chi connectivity index (χ3v) is 20.0. The normalized spacial score (nSPS) is 14.0. The highest BCUT2D eigenvalue weighted by Crippen LogP contribution is 2.43. The average molecular weight is 531 g/mol. The summed E-state index contributed by atoms with van der Waals surface area (Å²) in [6.07, 6.45) is 7.92. The number of hydrogen-bond donors (Lipinski definition) is 0. The molecule has 2 nitrogen and oxygen atoms in total. The first kappa shape index (κ1) is 31.8. The SMILES string of the molecule is CCOC(CCCCSSSSCCCCC(OCC)[SiH](CC)CC)[SiH](CC)CC. The summed E-state index contributed by atoms with van der Waals surface area (Å²) in [5, 5.41) is 0. The van der Waals surface area contributed by atoms with Crippen molar-refractivity contribution >= 4 is 58.8 Å². The topological polar surface area (TPSA) is 18.5 Å². The van der Waals surface area contributed by atoms with Crippen molar-refractivity contribution in [2.45, 2.75) is 116 Å². The highest BCUT2D eigenvalue weighted by atomic mass is 33.7. The molecule has 2 atom stereocenters. The van der Waals surface area contributed by atoms with E-state index in [1.807, 2.05) is 41.2 Å². The Balaban J connectivity index is 3.63. The van der Waals surface area contributed by atoms with E-state index in [0.29, 0.717) is 11.5 Å². The van der Waals surface area contributed by atoms with Gasteiger partial charge in [0, 0.05) is 36.2 Å². The molecular weight excluding hydrogens is 481 g/mol. The van der Waals surface area contributed by atoms with Gasteiger partial charge in [-0.25, -0.2) is 0 Å². The molecule has 0 aromatic heterocycles. The molecule has 0 aliphatic heterocycles. The van der Waals surface area contributed by atoms with Crippen LogP contribution in [0.3, 0.4) is 0 Å². The van der Waals surface area contributed by atoms with Crippen LogP contribution in [0, 0.1) is 0 Å². The Morgan fingerprint density at radius 1 is 0.567 bits per heavy atom. The second-order valence-electron chi connectivity index (χ2n) is 7.91. The number of rotatable bonds is 23. The van der Waals surface area contributed by atoms with Gasteiger partial charge in [0.25, 0.3) is 0 Å². The van der Waals surface area contributed by atoms with Crippen molar-refractivity contribution in [1.29, 1.82) is 0 Å². The molecule has 0 amide bonds. The van der Waals surface area contributed by atoms with Gasteiger partial charge in [-0.1, -0.05) is 86.3 Å². The fraction of sp³-hybridized carbons (Fsp3) is 1.00. The van der Waals surface area contributed by atoms with E-state index in [2.05, 4.69) is 41.5 Å². The van der Waals surface area contributed by atoms with Crippen molar-refractivity contribution < 1.29 is 9.47 Å². The summed E-state index contributed by atoms with van der Waals surface area (Å²) in [4.78, 5) is 0. The van der Waals surface area contributed by atoms with Gasteiger partial charge < -0.3 is 9.47 Å². The molecule has 0 N–H and O–H groups in total. The highest BCUT2D eigenvalue weighted by Gasteiger charge is 2.20. The molecule has 0 spiro atoms. The third kappa shape index (κ3) is 16.4. The maximum atomic E-state index is 6.07. The van der Waals surface area contributed by atoms with Crippen molar-refractivity contribution in [3.05, 3.63) is 0 Å². The fourth-order valence-electron chi connectivity index (χ4n) is 4.09. The summed E-state index contributed by atoms with van der Waals surface area (Å²) in [6, 6.07) is 5.52. The van der Waals surface area contributed by atoms with Crippen LogP contribution >= 0.6 is 41.2 Å². The molecule has 8 heteroatoms. The number of ether oxygens (including phenoxy) is 2. The molecular formula is C22H50O2S4Si2. The minimum atomic E-state index is -0.677. The predicted octanol–water partition coefficient (Wildman–Crippen LogP) is 8.43. The van der Waals surface area contributed by atoms with Gasteiger partial charge in [0.1, 0.15) is 0 Å². The smallest absolute Gasteiger partial charge is 0.0711 e. The summed E-state index contributed by atoms with van der Waals surface area (Å²) in [7, 11) is 6.68. The summed E-state index contributed by atoms with van der Waals surface area (Å²) >= 11 is 0. The molecule has 0 saturated heterocycles. The average Bonchev–Trinajstić information content (AvgIpc) is 2.75. The quantitative estimate of drug-likeness (QED) is 0.0744. The van der Waals surface area contributed by atoms with E-state index < -0.39 is 17.6 Å². The van der Waals surface area contributed by atoms with Gasteiger partial charge in [-0.05, 0) is 59.2 Å². The highest BCUT2D eigenvalue weighted by molar-refractivity contribution is 9.26. The van der Waals surface area contributed by atoms with Crippen LogP contribution in [-0.2, 0) is 9.47 Å². The Morgan fingerprint density at radius 3 is 1.23 bits per heavy atom. The lowest BCUT2D eigenvalue weighted by Crippen LogP contribution is -2.32. The number of unbranched alkanes of at least 4 members (excludes halogenated alkanes) is 2. The van der Waals surface area contributed by atoms with Crippen LogP contribution in [0.25, 0.3) is 0 Å². The standard InChI is InChI=1S/C22H50O2S4Si2/c1-7-23-21(29(9-3)10-4)17-13-15-19-25-27-28-26-20-16-14-18-22(24-8-2)30(11-5)12-6/h21-22,29-30H,7-20H2,1-6H3. The van der Waals surface area contributed by atoms with Gasteiger partial charge >= 0.3 is 0 Å². The molecule has 2 unspecified atom stereocenters. The lowest BCUT2D eigenvalue weighted by molar-refractivity contribution is 0.106. The van der Waals surface area contributed by atoms with Crippen LogP contribution in [0.4, 0.5) is 0 Å². The Kier molecular flexibility index (Phi) is 25.3. The molecule has 0 heterocycles. The number of hydrogen-bond acceptors (Lipinski definition) is 6. The van der Waals surface area contributed by atoms with E-state index in [-0.39, 0.29) is 0 Å². The van der Waals surface area contributed by atoms with Gasteiger partial charge in [0.2, 0.25) is 0 Å². The summed E-state index contributed by atoms with van der Waals surface area (Å²) in [6.45, 7) is 15.5. The van der Waals surface area contributed by atoms with E-state index in [9.17, 15) is 0 Å². The molecule has 30 heavy (non-hydrogen) atoms. The maximum Gasteiger partial charge on any atom is 0.0711 e. The third-order valence-electron chi connectivity index (χ3n) is 5.97. The second kappa shape index (κ2) is 23.9. The van der Waals surface area contributed by atoms with Gasteiger partial charge in [-0.15, -0.1) is 0 Å². The Bertz CT molecular complexity index is 317. The van der Waals surface area contributed by atoms with E-state index in [1.165, 1.54) is 74.2 Å². The summed E-state index contributed by atoms with van der Waals surface area (Å²) in [5.74, 6) is 2.55. The van der Waals surface area contributed by atoms with Crippen molar-refractivity contribution in [3.63, 3.8) is 0 Å². The predicted molar refractivity (Wildman–Crippen MR) is 155 cm³/mol. The van der Waals surface area contributed by atoms with Crippen LogP contribution in [-0.4, -0.2) is 53.8 Å². The van der Waals surface area contributed by atoms with E-state index in [0.717, 1.165) is 13.2 Å². The fourth-order valence-corrected chi connectivity index (χ4v) is 16.0. The second-order valence-corrected chi connectivity index (χ2v) is 21.9. The van der Waals surface area contributed by atoms with E-state index in [1.54, 1.807) is 0 Å². The van der Waals surface area contributed by atoms with Crippen LogP contribution < -0.4 is 0 Å². The van der Waals surface area contributed by atoms with E-state index in [4.69, 9.17) is 9.47 Å². The molecule has 0 bridgehead atoms. The van der Waals surface area contributed by atoms with Crippen molar-refractivity contribution in [2.24, 2.45) is 0 Å². The summed E-state index contributed by atoms with van der Waals surface area (Å²) in [5.41, 5.74) is 1.23. The van der Waals surface area contributed by atoms with Gasteiger partial charge in [0.05, 0.1) is 17.6 Å². The van der Waals surface area contributed by atoms with Crippen molar-refractivity contribution in [3.8, 4) is 0 Å². The first-order valence-electron chi connectivity index (χ1n) is 12.5. The zero-order valence-electron chi connectivity index (χ0n) is 20.7. The van der Waals surface area contributed by atoms with Crippen LogP contribution in [0.15, 0.2) is 0 Å². The lowest BCUT2D eigenvalue weighted by Gasteiger charge is -2.24. The maximum absolute atomic E-state index is 6.07. The van der Waals surface area contributed by atoms with Crippen LogP contribution in [0.1, 0.15) is 80.1 Å². The monoisotopic (exact) mass is 530 g/mol. The molecule has 0 aromatic carbocycles. The van der Waals surface area contributed by atoms with Crippen LogP contribution in [0.5, 0.6) is 0 Å². The molecule has 182 valence electrons. The summed E-state index contributed by atoms with van der Waals surface area (Å²) < 4.78 is 12.1. The van der Waals surface area contributed by atoms with Crippen LogP contribution in [0.2, 0.25) is 24.2 Å². The van der Waals surface area contributed by atoms with Gasteiger partial charge in [-0.2, -0.15) is 0 Å². The Labute approximate surface area is 207 Å². The van der Waals surface area contributed by atoms with Gasteiger partial charge in [-0.3, -0.25) is 0 Å². The molecule has 0 fully saturated rings. The molecule has 0 radical (unpaired) electrons. The minimum Gasteiger partial charge on any atom is -0.382 e. The van der Waals surface area contributed by atoms with Crippen molar-refractivity contribution in [1.82, 2.24) is 0 Å². The molecule has 0 aliphatic rings. The zero-order chi connectivity index (χ0) is 22.5. The molecule has 0 rings (SSSR count). The zero-order valence-corrected chi connectivity index (χ0v) is 26.2. The lowest BCUT2D eigenvalue weighted by atomic mass is 10.2. The van der Waals surface area contributed by atoms with Crippen molar-refractivity contribution in [2.75, 3.05) is 24.7 Å². The largest absolute Gasteiger partial charge is 0.382 e. The van der Waals surface area contributed by atoms with Gasteiger partial charge in [0.15, 0.2) is 0 Å². The molecule has 0 aliphatic carbocycles. The Hall–Kier alpha value is 1.75. The molecule has 0 saturated carbocycles. The molecule has 0 aromatic rings. The first-order chi connectivity index (χ1) is 14.7. The Morgan fingerprint density at radius 2 is 0.933 bits per heavy atom.